The number of carbonyl (C=O) groups excluding carboxylic acids is 1. The molecule has 1 aromatic rings. The molecule has 1 aliphatic rings. The molecule has 0 saturated carbocycles. The maximum atomic E-state index is 11.5. The number of carbonyl (C=O) groups is 1. The minimum absolute atomic E-state index is 0.0348. The van der Waals surface area contributed by atoms with E-state index in [1.54, 1.807) is 13.0 Å². The lowest BCUT2D eigenvalue weighted by atomic mass is 10.1. The summed E-state index contributed by atoms with van der Waals surface area (Å²) in [4.78, 5) is 14.0. The van der Waals surface area contributed by atoms with Gasteiger partial charge in [-0.2, -0.15) is 0 Å². The lowest BCUT2D eigenvalue weighted by Crippen LogP contribution is -2.33. The summed E-state index contributed by atoms with van der Waals surface area (Å²) in [5, 5.41) is 8.94. The first-order chi connectivity index (χ1) is 10.2. The van der Waals surface area contributed by atoms with Crippen molar-refractivity contribution in [3.05, 3.63) is 29.8 Å². The first kappa shape index (κ1) is 16.0. The number of likely N-dealkylation sites (tertiary alicyclic amines) is 1. The van der Waals surface area contributed by atoms with Gasteiger partial charge in [-0.15, -0.1) is 0 Å². The summed E-state index contributed by atoms with van der Waals surface area (Å²) in [6, 6.07) is 7.97. The number of ketones is 1. The monoisotopic (exact) mass is 291 g/mol. The molecule has 4 nitrogen and oxygen atoms in total. The number of benzene rings is 1. The van der Waals surface area contributed by atoms with E-state index < -0.39 is 0 Å². The molecule has 1 fully saturated rings. The van der Waals surface area contributed by atoms with Crippen molar-refractivity contribution >= 4 is 5.78 Å². The van der Waals surface area contributed by atoms with E-state index in [0.29, 0.717) is 24.0 Å². The molecule has 116 valence electrons. The first-order valence-electron chi connectivity index (χ1n) is 7.80. The Morgan fingerprint density at radius 3 is 3.00 bits per heavy atom. The van der Waals surface area contributed by atoms with E-state index in [1.807, 2.05) is 18.2 Å². The molecule has 2 rings (SSSR count). The van der Waals surface area contributed by atoms with Crippen molar-refractivity contribution < 1.29 is 14.6 Å². The number of hydrogen-bond donors (Lipinski definition) is 1. The molecule has 1 aliphatic heterocycles. The third-order valence-corrected chi connectivity index (χ3v) is 4.10. The van der Waals surface area contributed by atoms with Gasteiger partial charge in [0.2, 0.25) is 0 Å². The van der Waals surface area contributed by atoms with Gasteiger partial charge in [0.05, 0.1) is 5.56 Å². The third-order valence-electron chi connectivity index (χ3n) is 4.10. The van der Waals surface area contributed by atoms with Crippen LogP contribution in [0.1, 0.15) is 43.0 Å². The SMILES string of the molecule is CC(=O)c1ccccc1OCCN1CCCC1CCCO. The molecule has 1 N–H and O–H groups in total. The fourth-order valence-corrected chi connectivity index (χ4v) is 3.00. The Bertz CT molecular complexity index is 461. The Labute approximate surface area is 126 Å². The zero-order valence-corrected chi connectivity index (χ0v) is 12.8. The van der Waals surface area contributed by atoms with Gasteiger partial charge in [-0.1, -0.05) is 12.1 Å². The minimum atomic E-state index is 0.0348. The van der Waals surface area contributed by atoms with Gasteiger partial charge in [-0.3, -0.25) is 9.69 Å². The van der Waals surface area contributed by atoms with Crippen LogP contribution in [0.4, 0.5) is 0 Å². The lowest BCUT2D eigenvalue weighted by Gasteiger charge is -2.24. The van der Waals surface area contributed by atoms with Crippen molar-refractivity contribution in [2.24, 2.45) is 0 Å². The summed E-state index contributed by atoms with van der Waals surface area (Å²) >= 11 is 0. The summed E-state index contributed by atoms with van der Waals surface area (Å²) in [5.41, 5.74) is 0.649. The van der Waals surface area contributed by atoms with E-state index in [4.69, 9.17) is 9.84 Å². The summed E-state index contributed by atoms with van der Waals surface area (Å²) in [6.45, 7) is 4.41. The highest BCUT2D eigenvalue weighted by Crippen LogP contribution is 2.22. The summed E-state index contributed by atoms with van der Waals surface area (Å²) in [5.74, 6) is 0.712. The minimum Gasteiger partial charge on any atom is -0.491 e. The number of nitrogens with zero attached hydrogens (tertiary/aromatic N) is 1. The topological polar surface area (TPSA) is 49.8 Å². The fraction of sp³-hybridized carbons (Fsp3) is 0.588. The van der Waals surface area contributed by atoms with Crippen LogP contribution in [-0.2, 0) is 0 Å². The standard InChI is InChI=1S/C17H25NO3/c1-14(20)16-8-2-3-9-17(16)21-13-11-18-10-4-6-15(18)7-5-12-19/h2-3,8-9,15,19H,4-7,10-13H2,1H3. The Balaban J connectivity index is 1.82. The average molecular weight is 291 g/mol. The van der Waals surface area contributed by atoms with E-state index in [9.17, 15) is 4.79 Å². The van der Waals surface area contributed by atoms with Crippen LogP contribution in [0.2, 0.25) is 0 Å². The van der Waals surface area contributed by atoms with E-state index >= 15 is 0 Å². The molecule has 1 heterocycles. The van der Waals surface area contributed by atoms with Crippen LogP contribution in [0.25, 0.3) is 0 Å². The molecule has 0 aromatic heterocycles. The first-order valence-corrected chi connectivity index (χ1v) is 7.80. The third kappa shape index (κ3) is 4.55. The second-order valence-electron chi connectivity index (χ2n) is 5.60. The summed E-state index contributed by atoms with van der Waals surface area (Å²) in [6.07, 6.45) is 4.36. The molecule has 0 bridgehead atoms. The van der Waals surface area contributed by atoms with E-state index in [2.05, 4.69) is 4.90 Å². The number of hydrogen-bond acceptors (Lipinski definition) is 4. The van der Waals surface area contributed by atoms with Gasteiger partial charge in [-0.25, -0.2) is 0 Å². The summed E-state index contributed by atoms with van der Waals surface area (Å²) in [7, 11) is 0. The number of ether oxygens (including phenoxy) is 1. The van der Waals surface area contributed by atoms with Crippen molar-refractivity contribution in [3.63, 3.8) is 0 Å². The van der Waals surface area contributed by atoms with Gasteiger partial charge in [-0.05, 0) is 51.3 Å². The van der Waals surface area contributed by atoms with Crippen LogP contribution < -0.4 is 4.74 Å². The molecule has 0 amide bonds. The highest BCUT2D eigenvalue weighted by Gasteiger charge is 2.23. The van der Waals surface area contributed by atoms with Crippen molar-refractivity contribution in [2.75, 3.05) is 26.3 Å². The fourth-order valence-electron chi connectivity index (χ4n) is 3.00. The van der Waals surface area contributed by atoms with Crippen LogP contribution >= 0.6 is 0 Å². The quantitative estimate of drug-likeness (QED) is 0.748. The van der Waals surface area contributed by atoms with Crippen LogP contribution in [0, 0.1) is 0 Å². The van der Waals surface area contributed by atoms with Crippen LogP contribution in [0.3, 0.4) is 0 Å². The Morgan fingerprint density at radius 1 is 1.43 bits per heavy atom. The predicted octanol–water partition coefficient (Wildman–Crippen LogP) is 2.50. The number of aliphatic hydroxyl groups excluding tert-OH is 1. The second kappa shape index (κ2) is 8.15. The molecular weight excluding hydrogens is 266 g/mol. The molecule has 1 saturated heterocycles. The number of Topliss-reactive ketones (excluding diaryl/α,β-unsaturated/α-hetero) is 1. The zero-order chi connectivity index (χ0) is 15.1. The molecular formula is C17H25NO3. The van der Waals surface area contributed by atoms with Gasteiger partial charge >= 0.3 is 0 Å². The van der Waals surface area contributed by atoms with Gasteiger partial charge in [0.1, 0.15) is 12.4 Å². The van der Waals surface area contributed by atoms with Crippen LogP contribution in [0.5, 0.6) is 5.75 Å². The average Bonchev–Trinajstić information content (AvgIpc) is 2.93. The molecule has 21 heavy (non-hydrogen) atoms. The maximum absolute atomic E-state index is 11.5. The molecule has 4 heteroatoms. The van der Waals surface area contributed by atoms with Gasteiger partial charge in [0, 0.05) is 19.2 Å². The molecule has 1 atom stereocenters. The molecule has 0 spiro atoms. The number of aliphatic hydroxyl groups is 1. The second-order valence-corrected chi connectivity index (χ2v) is 5.60. The predicted molar refractivity (Wildman–Crippen MR) is 82.9 cm³/mol. The largest absolute Gasteiger partial charge is 0.491 e. The van der Waals surface area contributed by atoms with Gasteiger partial charge < -0.3 is 9.84 Å². The van der Waals surface area contributed by atoms with Crippen LogP contribution in [0.15, 0.2) is 24.3 Å². The van der Waals surface area contributed by atoms with Crippen LogP contribution in [-0.4, -0.2) is 48.1 Å². The van der Waals surface area contributed by atoms with Crippen molar-refractivity contribution in [1.29, 1.82) is 0 Å². The Kier molecular flexibility index (Phi) is 6.21. The van der Waals surface area contributed by atoms with Crippen molar-refractivity contribution in [1.82, 2.24) is 4.90 Å². The molecule has 1 aromatic carbocycles. The normalized spacial score (nSPS) is 18.9. The highest BCUT2D eigenvalue weighted by molar-refractivity contribution is 5.96. The van der Waals surface area contributed by atoms with E-state index in [0.717, 1.165) is 25.9 Å². The Morgan fingerprint density at radius 2 is 2.24 bits per heavy atom. The zero-order valence-electron chi connectivity index (χ0n) is 12.8. The maximum Gasteiger partial charge on any atom is 0.163 e. The number of rotatable bonds is 8. The highest BCUT2D eigenvalue weighted by atomic mass is 16.5. The number of para-hydroxylation sites is 1. The molecule has 0 aliphatic carbocycles. The smallest absolute Gasteiger partial charge is 0.163 e. The van der Waals surface area contributed by atoms with E-state index in [1.165, 1.54) is 12.8 Å². The lowest BCUT2D eigenvalue weighted by molar-refractivity contribution is 0.101. The van der Waals surface area contributed by atoms with Crippen molar-refractivity contribution in [2.45, 2.75) is 38.6 Å². The van der Waals surface area contributed by atoms with Crippen molar-refractivity contribution in [3.8, 4) is 5.75 Å². The van der Waals surface area contributed by atoms with Gasteiger partial charge in [0.25, 0.3) is 0 Å². The molecule has 1 unspecified atom stereocenters. The summed E-state index contributed by atoms with van der Waals surface area (Å²) < 4.78 is 5.80. The molecule has 0 radical (unpaired) electrons. The Hall–Kier alpha value is -1.39. The van der Waals surface area contributed by atoms with Gasteiger partial charge in [0.15, 0.2) is 5.78 Å². The van der Waals surface area contributed by atoms with E-state index in [-0.39, 0.29) is 12.4 Å².